The van der Waals surface area contributed by atoms with Gasteiger partial charge in [0.1, 0.15) is 42.1 Å². The number of carbonyl (C=O) groups is 2. The molecule has 3 aromatic carbocycles. The number of phenols is 2. The van der Waals surface area contributed by atoms with Gasteiger partial charge in [-0.25, -0.2) is 15.0 Å². The second-order valence-electron chi connectivity index (χ2n) is 15.0. The van der Waals surface area contributed by atoms with Gasteiger partial charge in [0.25, 0.3) is 0 Å². The van der Waals surface area contributed by atoms with Gasteiger partial charge < -0.3 is 38.6 Å². The van der Waals surface area contributed by atoms with Gasteiger partial charge in [-0.15, -0.1) is 0 Å². The van der Waals surface area contributed by atoms with Gasteiger partial charge in [0, 0.05) is 37.8 Å². The molecular formula is C47H63N3O10. The van der Waals surface area contributed by atoms with Crippen molar-refractivity contribution in [1.82, 2.24) is 15.0 Å². The molecule has 0 amide bonds. The Hall–Kier alpha value is -5.27. The number of aromatic hydroxyl groups is 2. The molecule has 0 saturated carbocycles. The van der Waals surface area contributed by atoms with E-state index in [9.17, 15) is 19.8 Å². The lowest BCUT2D eigenvalue weighted by Crippen LogP contribution is -2.30. The molecular weight excluding hydrogens is 767 g/mol. The van der Waals surface area contributed by atoms with E-state index in [2.05, 4.69) is 42.6 Å². The molecule has 4 atom stereocenters. The van der Waals surface area contributed by atoms with Gasteiger partial charge in [0.15, 0.2) is 23.6 Å². The van der Waals surface area contributed by atoms with Gasteiger partial charge in [0.05, 0.1) is 31.5 Å². The second kappa shape index (κ2) is 25.4. The summed E-state index contributed by atoms with van der Waals surface area (Å²) in [6, 6.07) is 18.7. The van der Waals surface area contributed by atoms with Crippen molar-refractivity contribution in [3.63, 3.8) is 0 Å². The van der Waals surface area contributed by atoms with Crippen LogP contribution in [0.25, 0.3) is 34.2 Å². The highest BCUT2D eigenvalue weighted by Crippen LogP contribution is 2.36. The van der Waals surface area contributed by atoms with Crippen molar-refractivity contribution in [3.05, 3.63) is 66.7 Å². The Morgan fingerprint density at radius 2 is 1.15 bits per heavy atom. The molecule has 1 heterocycles. The molecule has 0 spiro atoms. The monoisotopic (exact) mass is 829 g/mol. The van der Waals surface area contributed by atoms with Gasteiger partial charge in [-0.05, 0) is 48.9 Å². The molecule has 0 radical (unpaired) electrons. The zero-order valence-electron chi connectivity index (χ0n) is 36.1. The van der Waals surface area contributed by atoms with Gasteiger partial charge in [0.2, 0.25) is 0 Å². The molecule has 0 bridgehead atoms. The molecule has 13 nitrogen and oxygen atoms in total. The predicted molar refractivity (Wildman–Crippen MR) is 230 cm³/mol. The molecule has 2 N–H and O–H groups in total. The average molecular weight is 830 g/mol. The first-order valence-corrected chi connectivity index (χ1v) is 21.2. The minimum Gasteiger partial charge on any atom is -0.507 e. The third-order valence-electron chi connectivity index (χ3n) is 10.3. The smallest absolute Gasteiger partial charge is 0.314 e. The van der Waals surface area contributed by atoms with Crippen LogP contribution in [-0.2, 0) is 28.5 Å². The van der Waals surface area contributed by atoms with Crippen molar-refractivity contribution in [2.24, 2.45) is 17.8 Å². The topological polar surface area (TPSA) is 169 Å². The van der Waals surface area contributed by atoms with Crippen LogP contribution in [0.3, 0.4) is 0 Å². The van der Waals surface area contributed by atoms with Crippen LogP contribution in [-0.4, -0.2) is 90.0 Å². The van der Waals surface area contributed by atoms with E-state index >= 15 is 0 Å². The fourth-order valence-electron chi connectivity index (χ4n) is 6.54. The Labute approximate surface area is 354 Å². The van der Waals surface area contributed by atoms with E-state index in [1.54, 1.807) is 24.3 Å². The lowest BCUT2D eigenvalue weighted by atomic mass is 10.0. The van der Waals surface area contributed by atoms with Crippen molar-refractivity contribution in [1.29, 1.82) is 0 Å². The number of hydrogen-bond acceptors (Lipinski definition) is 13. The SMILES string of the molecule is CCCCC(CC)COCC(COc1ccc(-c2nc(-c3ccccc3)nc(-c3ccc(OCC(COCC(CC)CCCC)C(=O)OC)cc3O)n2)c(O)c1)OC(C)=O. The Bertz CT molecular complexity index is 1910. The fourth-order valence-corrected chi connectivity index (χ4v) is 6.54. The molecule has 60 heavy (non-hydrogen) atoms. The first-order valence-electron chi connectivity index (χ1n) is 21.2. The minimum absolute atomic E-state index is 0.0129. The van der Waals surface area contributed by atoms with Crippen molar-refractivity contribution in [2.75, 3.05) is 46.8 Å². The van der Waals surface area contributed by atoms with E-state index in [0.717, 1.165) is 51.4 Å². The summed E-state index contributed by atoms with van der Waals surface area (Å²) in [6.07, 6.45) is 8.04. The standard InChI is InChI=1S/C47H63N3O10/c1-7-11-16-33(9-3)26-56-28-36(47(54)55-6)29-58-37-20-22-40(42(52)24-37)45-48-44(35-18-14-13-15-19-35)49-46(50-45)41-23-21-38(25-43(41)53)59-31-39(60-32(5)51)30-57-27-34(10-4)17-12-8-2/h13-15,18-25,33-34,36,39,52-53H,7-12,16-17,26-31H2,1-6H3. The van der Waals surface area contributed by atoms with E-state index in [4.69, 9.17) is 28.4 Å². The second-order valence-corrected chi connectivity index (χ2v) is 15.0. The van der Waals surface area contributed by atoms with E-state index in [1.807, 2.05) is 30.3 Å². The van der Waals surface area contributed by atoms with Crippen LogP contribution in [0.2, 0.25) is 0 Å². The largest absolute Gasteiger partial charge is 0.507 e. The Morgan fingerprint density at radius 3 is 1.63 bits per heavy atom. The highest BCUT2D eigenvalue weighted by atomic mass is 16.6. The molecule has 0 fully saturated rings. The number of esters is 2. The molecule has 0 saturated heterocycles. The maximum absolute atomic E-state index is 12.6. The molecule has 4 rings (SSSR count). The van der Waals surface area contributed by atoms with Crippen LogP contribution in [0.4, 0.5) is 0 Å². The summed E-state index contributed by atoms with van der Waals surface area (Å²) in [5.74, 6) is 0.283. The zero-order valence-corrected chi connectivity index (χ0v) is 36.1. The highest BCUT2D eigenvalue weighted by Gasteiger charge is 2.23. The van der Waals surface area contributed by atoms with Crippen LogP contribution in [0.15, 0.2) is 66.7 Å². The van der Waals surface area contributed by atoms with Crippen LogP contribution in [0.5, 0.6) is 23.0 Å². The third kappa shape index (κ3) is 15.1. The van der Waals surface area contributed by atoms with Crippen molar-refractivity contribution >= 4 is 11.9 Å². The normalized spacial score (nSPS) is 13.2. The van der Waals surface area contributed by atoms with Gasteiger partial charge >= 0.3 is 11.9 Å². The number of hydrogen-bond donors (Lipinski definition) is 2. The molecule has 0 aliphatic heterocycles. The summed E-state index contributed by atoms with van der Waals surface area (Å²) in [4.78, 5) is 38.5. The van der Waals surface area contributed by atoms with E-state index < -0.39 is 24.0 Å². The molecule has 1 aromatic heterocycles. The number of nitrogens with zero attached hydrogens (tertiary/aromatic N) is 3. The van der Waals surface area contributed by atoms with Gasteiger partial charge in [-0.3, -0.25) is 9.59 Å². The Morgan fingerprint density at radius 1 is 0.633 bits per heavy atom. The zero-order chi connectivity index (χ0) is 43.3. The number of unbranched alkanes of at least 4 members (excludes halogenated alkanes) is 2. The van der Waals surface area contributed by atoms with E-state index in [-0.39, 0.29) is 49.6 Å². The van der Waals surface area contributed by atoms with Crippen LogP contribution < -0.4 is 9.47 Å². The first-order chi connectivity index (χ1) is 29.1. The molecule has 4 unspecified atom stereocenters. The van der Waals surface area contributed by atoms with E-state index in [1.165, 1.54) is 26.2 Å². The number of carbonyl (C=O) groups excluding carboxylic acids is 2. The van der Waals surface area contributed by atoms with Crippen molar-refractivity contribution in [2.45, 2.75) is 92.1 Å². The number of aromatic nitrogens is 3. The number of benzene rings is 3. The Balaban J connectivity index is 1.51. The van der Waals surface area contributed by atoms with Gasteiger partial charge in [-0.1, -0.05) is 96.6 Å². The maximum Gasteiger partial charge on any atom is 0.314 e. The molecule has 326 valence electrons. The minimum atomic E-state index is -0.660. The summed E-state index contributed by atoms with van der Waals surface area (Å²) in [6.45, 7) is 11.4. The van der Waals surface area contributed by atoms with Crippen LogP contribution >= 0.6 is 0 Å². The highest BCUT2D eigenvalue weighted by molar-refractivity contribution is 5.74. The van der Waals surface area contributed by atoms with Crippen LogP contribution in [0, 0.1) is 17.8 Å². The average Bonchev–Trinajstić information content (AvgIpc) is 3.25. The quantitative estimate of drug-likeness (QED) is 0.0546. The van der Waals surface area contributed by atoms with Crippen molar-refractivity contribution < 1.29 is 48.2 Å². The van der Waals surface area contributed by atoms with Gasteiger partial charge in [-0.2, -0.15) is 0 Å². The van der Waals surface area contributed by atoms with Crippen LogP contribution in [0.1, 0.15) is 86.0 Å². The molecule has 13 heteroatoms. The summed E-state index contributed by atoms with van der Waals surface area (Å²) in [5.41, 5.74) is 1.29. The third-order valence-corrected chi connectivity index (χ3v) is 10.3. The van der Waals surface area contributed by atoms with Crippen molar-refractivity contribution in [3.8, 4) is 57.2 Å². The summed E-state index contributed by atoms with van der Waals surface area (Å²) in [5, 5.41) is 22.5. The predicted octanol–water partition coefficient (Wildman–Crippen LogP) is 9.23. The first kappa shape index (κ1) is 47.4. The number of rotatable bonds is 27. The number of phenolic OH excluding ortho intramolecular Hbond substituents is 2. The lowest BCUT2D eigenvalue weighted by molar-refractivity contribution is -0.152. The fraction of sp³-hybridized carbons (Fsp3) is 0.511. The number of ether oxygens (including phenoxy) is 6. The maximum atomic E-state index is 12.6. The molecule has 4 aromatic rings. The molecule has 0 aliphatic carbocycles. The van der Waals surface area contributed by atoms with E-state index in [0.29, 0.717) is 59.1 Å². The summed E-state index contributed by atoms with van der Waals surface area (Å²) >= 11 is 0. The molecule has 0 aliphatic rings. The number of methoxy groups -OCH3 is 1. The lowest BCUT2D eigenvalue weighted by Gasteiger charge is -2.20. The Kier molecular flexibility index (Phi) is 20.0. The summed E-state index contributed by atoms with van der Waals surface area (Å²) < 4.78 is 34.3. The summed E-state index contributed by atoms with van der Waals surface area (Å²) in [7, 11) is 1.33.